The fraction of sp³-hybridized carbons (Fsp3) is 0.571. The van der Waals surface area contributed by atoms with Crippen molar-refractivity contribution in [2.75, 3.05) is 25.0 Å². The van der Waals surface area contributed by atoms with Gasteiger partial charge in [-0.25, -0.2) is 9.97 Å². The number of aromatic nitrogens is 2. The molecule has 0 saturated carbocycles. The molecule has 21 heavy (non-hydrogen) atoms. The minimum absolute atomic E-state index is 0.0564. The molecule has 0 radical (unpaired) electrons. The molecule has 0 spiro atoms. The highest BCUT2D eigenvalue weighted by Gasteiger charge is 2.35. The van der Waals surface area contributed by atoms with Crippen LogP contribution in [0.3, 0.4) is 0 Å². The van der Waals surface area contributed by atoms with Crippen LogP contribution in [0.4, 0.5) is 5.95 Å². The summed E-state index contributed by atoms with van der Waals surface area (Å²) in [6.45, 7) is 5.45. The molecule has 1 aromatic heterocycles. The van der Waals surface area contributed by atoms with Crippen molar-refractivity contribution in [2.24, 2.45) is 5.92 Å². The summed E-state index contributed by atoms with van der Waals surface area (Å²) < 4.78 is 0. The highest BCUT2D eigenvalue weighted by atomic mass is 16.2. The molecule has 0 aromatic carbocycles. The number of hydrogen-bond acceptors (Lipinski definition) is 5. The fourth-order valence-electron chi connectivity index (χ4n) is 2.30. The van der Waals surface area contributed by atoms with Gasteiger partial charge < -0.3 is 15.5 Å². The second kappa shape index (κ2) is 7.01. The van der Waals surface area contributed by atoms with Gasteiger partial charge in [-0.2, -0.15) is 0 Å². The van der Waals surface area contributed by atoms with E-state index < -0.39 is 0 Å². The summed E-state index contributed by atoms with van der Waals surface area (Å²) in [5, 5.41) is 5.85. The van der Waals surface area contributed by atoms with Gasteiger partial charge in [0.25, 0.3) is 0 Å². The van der Waals surface area contributed by atoms with Crippen molar-refractivity contribution in [1.29, 1.82) is 0 Å². The number of carbonyl (C=O) groups is 2. The van der Waals surface area contributed by atoms with Crippen LogP contribution in [0.1, 0.15) is 20.3 Å². The Morgan fingerprint density at radius 3 is 2.71 bits per heavy atom. The average molecular weight is 291 g/mol. The molecule has 7 heteroatoms. The van der Waals surface area contributed by atoms with Gasteiger partial charge in [-0.15, -0.1) is 0 Å². The van der Waals surface area contributed by atoms with Gasteiger partial charge in [-0.1, -0.05) is 0 Å². The Bertz CT molecular complexity index is 491. The maximum atomic E-state index is 12.0. The molecule has 0 aliphatic carbocycles. The lowest BCUT2D eigenvalue weighted by atomic mass is 10.1. The molecule has 1 fully saturated rings. The molecular formula is C14H21N5O2. The van der Waals surface area contributed by atoms with Crippen LogP contribution in [0.5, 0.6) is 0 Å². The third kappa shape index (κ3) is 4.14. The summed E-state index contributed by atoms with van der Waals surface area (Å²) in [4.78, 5) is 33.6. The fourth-order valence-corrected chi connectivity index (χ4v) is 2.30. The van der Waals surface area contributed by atoms with Gasteiger partial charge >= 0.3 is 0 Å². The molecule has 1 saturated heterocycles. The zero-order chi connectivity index (χ0) is 15.2. The smallest absolute Gasteiger partial charge is 0.225 e. The molecule has 2 N–H and O–H groups in total. The number of nitrogens with one attached hydrogen (secondary N) is 2. The topological polar surface area (TPSA) is 87.2 Å². The van der Waals surface area contributed by atoms with E-state index in [-0.39, 0.29) is 23.8 Å². The number of likely N-dealkylation sites (tertiary alicyclic amines) is 1. The highest BCUT2D eigenvalue weighted by Crippen LogP contribution is 2.19. The molecule has 1 aromatic rings. The van der Waals surface area contributed by atoms with E-state index in [4.69, 9.17) is 0 Å². The first-order valence-corrected chi connectivity index (χ1v) is 7.16. The first kappa shape index (κ1) is 15.2. The first-order chi connectivity index (χ1) is 10.1. The van der Waals surface area contributed by atoms with Gasteiger partial charge in [0.1, 0.15) is 0 Å². The zero-order valence-corrected chi connectivity index (χ0v) is 12.4. The molecule has 2 amide bonds. The lowest BCUT2D eigenvalue weighted by Crippen LogP contribution is -2.37. The van der Waals surface area contributed by atoms with Crippen LogP contribution in [-0.4, -0.2) is 52.4 Å². The molecule has 1 atom stereocenters. The lowest BCUT2D eigenvalue weighted by molar-refractivity contribution is -0.129. The number of amides is 2. The Morgan fingerprint density at radius 1 is 1.38 bits per heavy atom. The van der Waals surface area contributed by atoms with Crippen molar-refractivity contribution >= 4 is 17.8 Å². The largest absolute Gasteiger partial charge is 0.354 e. The predicted octanol–water partition coefficient (Wildman–Crippen LogP) is 0.262. The number of rotatable bonds is 6. The van der Waals surface area contributed by atoms with Gasteiger partial charge in [0, 0.05) is 44.5 Å². The van der Waals surface area contributed by atoms with Crippen molar-refractivity contribution in [3.8, 4) is 0 Å². The van der Waals surface area contributed by atoms with E-state index in [1.165, 1.54) is 0 Å². The summed E-state index contributed by atoms with van der Waals surface area (Å²) in [5.41, 5.74) is 0. The Morgan fingerprint density at radius 2 is 2.10 bits per heavy atom. The normalized spacial score (nSPS) is 18.1. The van der Waals surface area contributed by atoms with E-state index in [1.54, 1.807) is 23.4 Å². The summed E-state index contributed by atoms with van der Waals surface area (Å²) in [7, 11) is 0. The van der Waals surface area contributed by atoms with Gasteiger partial charge in [-0.3, -0.25) is 9.59 Å². The van der Waals surface area contributed by atoms with Crippen LogP contribution in [-0.2, 0) is 9.59 Å². The van der Waals surface area contributed by atoms with E-state index in [9.17, 15) is 9.59 Å². The molecule has 2 heterocycles. The SMILES string of the molecule is CC(C)N1CC(C(=O)NCCNc2ncccn2)CC1=O. The zero-order valence-electron chi connectivity index (χ0n) is 12.4. The summed E-state index contributed by atoms with van der Waals surface area (Å²) in [5.74, 6) is 0.282. The third-order valence-electron chi connectivity index (χ3n) is 3.43. The van der Waals surface area contributed by atoms with Crippen LogP contribution in [0, 0.1) is 5.92 Å². The van der Waals surface area contributed by atoms with Gasteiger partial charge in [-0.05, 0) is 19.9 Å². The van der Waals surface area contributed by atoms with E-state index in [0.717, 1.165) is 0 Å². The van der Waals surface area contributed by atoms with Crippen molar-refractivity contribution < 1.29 is 9.59 Å². The number of carbonyl (C=O) groups excluding carboxylic acids is 2. The Hall–Kier alpha value is -2.18. The van der Waals surface area contributed by atoms with Crippen molar-refractivity contribution in [2.45, 2.75) is 26.3 Å². The van der Waals surface area contributed by atoms with E-state index in [2.05, 4.69) is 20.6 Å². The van der Waals surface area contributed by atoms with Crippen molar-refractivity contribution in [1.82, 2.24) is 20.2 Å². The highest BCUT2D eigenvalue weighted by molar-refractivity contribution is 5.89. The summed E-state index contributed by atoms with van der Waals surface area (Å²) in [6, 6.07) is 1.89. The molecule has 114 valence electrons. The number of nitrogens with zero attached hydrogens (tertiary/aromatic N) is 3. The molecule has 7 nitrogen and oxygen atoms in total. The van der Waals surface area contributed by atoms with Crippen LogP contribution >= 0.6 is 0 Å². The summed E-state index contributed by atoms with van der Waals surface area (Å²) in [6.07, 6.45) is 3.61. The Labute approximate surface area is 124 Å². The van der Waals surface area contributed by atoms with E-state index in [1.807, 2.05) is 13.8 Å². The van der Waals surface area contributed by atoms with Gasteiger partial charge in [0.05, 0.1) is 5.92 Å². The van der Waals surface area contributed by atoms with Crippen molar-refractivity contribution in [3.05, 3.63) is 18.5 Å². The molecule has 1 unspecified atom stereocenters. The van der Waals surface area contributed by atoms with Gasteiger partial charge in [0.15, 0.2) is 0 Å². The minimum atomic E-state index is -0.243. The second-order valence-corrected chi connectivity index (χ2v) is 5.33. The maximum absolute atomic E-state index is 12.0. The number of anilines is 1. The van der Waals surface area contributed by atoms with E-state index >= 15 is 0 Å². The lowest BCUT2D eigenvalue weighted by Gasteiger charge is -2.20. The van der Waals surface area contributed by atoms with E-state index in [0.29, 0.717) is 32.0 Å². The predicted molar refractivity (Wildman–Crippen MR) is 78.5 cm³/mol. The minimum Gasteiger partial charge on any atom is -0.354 e. The van der Waals surface area contributed by atoms with Crippen LogP contribution in [0.2, 0.25) is 0 Å². The Balaban J connectivity index is 1.70. The third-order valence-corrected chi connectivity index (χ3v) is 3.43. The quantitative estimate of drug-likeness (QED) is 0.734. The average Bonchev–Trinajstić information content (AvgIpc) is 2.87. The standard InChI is InChI=1S/C14H21N5O2/c1-10(2)19-9-11(8-12(19)20)13(21)15-6-7-18-14-16-4-3-5-17-14/h3-5,10-11H,6-9H2,1-2H3,(H,15,21)(H,16,17,18). The molecule has 0 bridgehead atoms. The molecule has 2 rings (SSSR count). The maximum Gasteiger partial charge on any atom is 0.225 e. The van der Waals surface area contributed by atoms with Crippen LogP contribution in [0.25, 0.3) is 0 Å². The second-order valence-electron chi connectivity index (χ2n) is 5.33. The van der Waals surface area contributed by atoms with Crippen molar-refractivity contribution in [3.63, 3.8) is 0 Å². The molecular weight excluding hydrogens is 270 g/mol. The molecule has 1 aliphatic heterocycles. The number of hydrogen-bond donors (Lipinski definition) is 2. The van der Waals surface area contributed by atoms with Crippen LogP contribution in [0.15, 0.2) is 18.5 Å². The summed E-state index contributed by atoms with van der Waals surface area (Å²) >= 11 is 0. The molecule has 1 aliphatic rings. The van der Waals surface area contributed by atoms with Crippen LogP contribution < -0.4 is 10.6 Å². The monoisotopic (exact) mass is 291 g/mol. The van der Waals surface area contributed by atoms with Gasteiger partial charge in [0.2, 0.25) is 17.8 Å². The Kier molecular flexibility index (Phi) is 5.08. The first-order valence-electron chi connectivity index (χ1n) is 7.16.